The molecule has 0 rings (SSSR count). The summed E-state index contributed by atoms with van der Waals surface area (Å²) in [6, 6.07) is 0. The molecule has 0 aliphatic rings. The van der Waals surface area contributed by atoms with Crippen molar-refractivity contribution in [1.82, 2.24) is 5.32 Å². The van der Waals surface area contributed by atoms with E-state index >= 15 is 0 Å². The Bertz CT molecular complexity index is 133. The van der Waals surface area contributed by atoms with E-state index in [-0.39, 0.29) is 5.78 Å². The molecule has 51 valence electrons. The lowest BCUT2D eigenvalue weighted by Gasteiger charge is -2.15. The van der Waals surface area contributed by atoms with Crippen LogP contribution in [0.25, 0.3) is 0 Å². The molecule has 0 saturated heterocycles. The molecule has 1 radical (unpaired) electrons. The molecule has 0 aromatic heterocycles. The minimum atomic E-state index is -1.11. The van der Waals surface area contributed by atoms with Gasteiger partial charge in [0.05, 0.1) is 0 Å². The van der Waals surface area contributed by atoms with E-state index in [0.29, 0.717) is 0 Å². The van der Waals surface area contributed by atoms with Crippen LogP contribution in [-0.2, 0) is 9.59 Å². The van der Waals surface area contributed by atoms with Gasteiger partial charge in [-0.2, -0.15) is 0 Å². The Balaban J connectivity index is 4.27. The number of nitrogens with one attached hydrogen (secondary N) is 1. The van der Waals surface area contributed by atoms with E-state index in [1.165, 1.54) is 13.8 Å². The average Bonchev–Trinajstić information content (AvgIpc) is 1.86. The highest BCUT2D eigenvalue weighted by Crippen LogP contribution is 1.98. The fourth-order valence-corrected chi connectivity index (χ4v) is 0.299. The van der Waals surface area contributed by atoms with Crippen LogP contribution in [-0.4, -0.2) is 24.7 Å². The predicted molar refractivity (Wildman–Crippen MR) is 33.8 cm³/mol. The third kappa shape index (κ3) is 1.61. The Hall–Kier alpha value is -0.700. The first-order chi connectivity index (χ1) is 4.06. The number of hydrogen-bond donors (Lipinski definition) is 1. The second-order valence-corrected chi connectivity index (χ2v) is 2.03. The van der Waals surface area contributed by atoms with Gasteiger partial charge in [-0.1, -0.05) is 0 Å². The Morgan fingerprint density at radius 3 is 2.11 bits per heavy atom. The number of Topliss-reactive ketones (excluding diaryl/α,β-unsaturated/α-hetero) is 1. The van der Waals surface area contributed by atoms with Gasteiger partial charge in [-0.25, -0.2) is 0 Å². The number of hydrogen-bond acceptors (Lipinski definition) is 3. The highest BCUT2D eigenvalue weighted by molar-refractivity contribution is 6.01. The van der Waals surface area contributed by atoms with Gasteiger partial charge in [0, 0.05) is 0 Å². The van der Waals surface area contributed by atoms with Crippen LogP contribution >= 0.6 is 0 Å². The number of ketones is 1. The van der Waals surface area contributed by atoms with Crippen LogP contribution in [0.3, 0.4) is 0 Å². The molecule has 9 heavy (non-hydrogen) atoms. The Kier molecular flexibility index (Phi) is 2.52. The van der Waals surface area contributed by atoms with Crippen molar-refractivity contribution in [2.45, 2.75) is 19.4 Å². The van der Waals surface area contributed by atoms with E-state index < -0.39 is 5.54 Å². The summed E-state index contributed by atoms with van der Waals surface area (Å²) in [5.74, 6) is -0.222. The lowest BCUT2D eigenvalue weighted by atomic mass is 10.0. The third-order valence-electron chi connectivity index (χ3n) is 1.41. The van der Waals surface area contributed by atoms with Gasteiger partial charge in [-0.05, 0) is 20.9 Å². The van der Waals surface area contributed by atoms with Crippen LogP contribution in [0.4, 0.5) is 0 Å². The van der Waals surface area contributed by atoms with Crippen molar-refractivity contribution in [3.8, 4) is 0 Å². The van der Waals surface area contributed by atoms with Crippen LogP contribution in [0.15, 0.2) is 0 Å². The third-order valence-corrected chi connectivity index (χ3v) is 1.41. The topological polar surface area (TPSA) is 46.2 Å². The van der Waals surface area contributed by atoms with Crippen molar-refractivity contribution >= 4 is 12.1 Å². The maximum atomic E-state index is 10.6. The molecule has 0 bridgehead atoms. The quantitative estimate of drug-likeness (QED) is 0.529. The zero-order chi connectivity index (χ0) is 7.49. The zero-order valence-corrected chi connectivity index (χ0v) is 5.82. The summed E-state index contributed by atoms with van der Waals surface area (Å²) < 4.78 is 0. The maximum absolute atomic E-state index is 10.6. The lowest BCUT2D eigenvalue weighted by Crippen LogP contribution is -2.47. The van der Waals surface area contributed by atoms with Crippen molar-refractivity contribution in [2.75, 3.05) is 7.05 Å². The van der Waals surface area contributed by atoms with Gasteiger partial charge in [-0.15, -0.1) is 0 Å². The minimum absolute atomic E-state index is 0.222. The first-order valence-corrected chi connectivity index (χ1v) is 2.66. The monoisotopic (exact) mass is 128 g/mol. The molecule has 3 nitrogen and oxygen atoms in total. The molecule has 0 fully saturated rings. The summed E-state index contributed by atoms with van der Waals surface area (Å²) >= 11 is 0. The molecule has 0 saturated carbocycles. The molecule has 0 heterocycles. The van der Waals surface area contributed by atoms with Crippen LogP contribution in [0, 0.1) is 0 Å². The van der Waals surface area contributed by atoms with Gasteiger partial charge in [-0.3, -0.25) is 9.59 Å². The molecule has 0 amide bonds. The van der Waals surface area contributed by atoms with Gasteiger partial charge >= 0.3 is 0 Å². The molecule has 0 aromatic carbocycles. The van der Waals surface area contributed by atoms with E-state index in [1.807, 2.05) is 0 Å². The molecule has 0 aromatic rings. The molecule has 0 aliphatic carbocycles. The van der Waals surface area contributed by atoms with E-state index in [1.54, 1.807) is 13.3 Å². The van der Waals surface area contributed by atoms with Crippen molar-refractivity contribution in [2.24, 2.45) is 0 Å². The van der Waals surface area contributed by atoms with Crippen LogP contribution in [0.5, 0.6) is 0 Å². The fourth-order valence-electron chi connectivity index (χ4n) is 0.299. The van der Waals surface area contributed by atoms with Gasteiger partial charge in [0.25, 0.3) is 0 Å². The highest BCUT2D eigenvalue weighted by Gasteiger charge is 2.27. The van der Waals surface area contributed by atoms with Crippen molar-refractivity contribution in [1.29, 1.82) is 0 Å². The second kappa shape index (κ2) is 2.73. The Labute approximate surface area is 54.4 Å². The lowest BCUT2D eigenvalue weighted by molar-refractivity contribution is -0.120. The first-order valence-electron chi connectivity index (χ1n) is 2.66. The molecule has 0 spiro atoms. The Morgan fingerprint density at radius 1 is 1.67 bits per heavy atom. The van der Waals surface area contributed by atoms with E-state index in [9.17, 15) is 9.59 Å². The summed E-state index contributed by atoms with van der Waals surface area (Å²) in [5, 5.41) is 2.55. The highest BCUT2D eigenvalue weighted by atomic mass is 16.1. The second-order valence-electron chi connectivity index (χ2n) is 2.03. The fraction of sp³-hybridized carbons (Fsp3) is 0.667. The predicted octanol–water partition coefficient (Wildman–Crippen LogP) is -0.337. The zero-order valence-electron chi connectivity index (χ0n) is 5.82. The smallest absolute Gasteiger partial charge is 0.228 e. The normalized spacial score (nSPS) is 16.3. The van der Waals surface area contributed by atoms with E-state index in [4.69, 9.17) is 0 Å². The number of likely N-dealkylation sites (N-methyl/N-ethyl adjacent to an activating group) is 1. The molecule has 3 heteroatoms. The van der Waals surface area contributed by atoms with Crippen LogP contribution in [0.2, 0.25) is 0 Å². The number of carbonyl (C=O) groups is 1. The molecule has 1 N–H and O–H groups in total. The molecular weight excluding hydrogens is 118 g/mol. The van der Waals surface area contributed by atoms with E-state index in [0.717, 1.165) is 0 Å². The van der Waals surface area contributed by atoms with Crippen LogP contribution < -0.4 is 5.32 Å². The molecule has 1 unspecified atom stereocenters. The molecule has 1 atom stereocenters. The van der Waals surface area contributed by atoms with Crippen molar-refractivity contribution in [3.05, 3.63) is 0 Å². The summed E-state index contributed by atoms with van der Waals surface area (Å²) in [4.78, 5) is 20.7. The summed E-state index contributed by atoms with van der Waals surface area (Å²) in [5.41, 5.74) is -1.11. The van der Waals surface area contributed by atoms with Gasteiger partial charge in [0.15, 0.2) is 5.78 Å². The van der Waals surface area contributed by atoms with Crippen molar-refractivity contribution < 1.29 is 9.59 Å². The summed E-state index contributed by atoms with van der Waals surface area (Å²) in [7, 11) is 1.55. The largest absolute Gasteiger partial charge is 0.302 e. The van der Waals surface area contributed by atoms with Crippen molar-refractivity contribution in [3.63, 3.8) is 0 Å². The van der Waals surface area contributed by atoms with Gasteiger partial charge in [0.1, 0.15) is 5.54 Å². The minimum Gasteiger partial charge on any atom is -0.302 e. The molecule has 0 aliphatic heterocycles. The number of rotatable bonds is 3. The van der Waals surface area contributed by atoms with Gasteiger partial charge in [0.2, 0.25) is 6.29 Å². The first kappa shape index (κ1) is 8.30. The molecular formula is C6H10NO2. The number of carbonyl (C=O) groups excluding carboxylic acids is 2. The summed E-state index contributed by atoms with van der Waals surface area (Å²) in [6.07, 6.45) is 1.62. The van der Waals surface area contributed by atoms with Gasteiger partial charge < -0.3 is 5.32 Å². The maximum Gasteiger partial charge on any atom is 0.228 e. The standard InChI is InChI=1S/C6H10NO2/c1-5(9)6(2,4-8)7-3/h7H,1-3H3. The SMILES string of the molecule is CNC(C)([C]=O)C(C)=O. The average molecular weight is 128 g/mol. The van der Waals surface area contributed by atoms with Crippen LogP contribution in [0.1, 0.15) is 13.8 Å². The van der Waals surface area contributed by atoms with E-state index in [2.05, 4.69) is 5.32 Å². The Morgan fingerprint density at radius 2 is 2.11 bits per heavy atom. The summed E-state index contributed by atoms with van der Waals surface area (Å²) in [6.45, 7) is 2.84.